The minimum absolute atomic E-state index is 0.319. The second kappa shape index (κ2) is 18.9. The van der Waals surface area contributed by atoms with Crippen LogP contribution in [0.25, 0.3) is 0 Å². The molecule has 0 aliphatic carbocycles. The summed E-state index contributed by atoms with van der Waals surface area (Å²) in [5.74, 6) is 0. The highest BCUT2D eigenvalue weighted by molar-refractivity contribution is 6.11. The average Bonchev–Trinajstić information content (AvgIpc) is 1.72. The van der Waals surface area contributed by atoms with Gasteiger partial charge in [-0.15, -0.1) is 0 Å². The minimum atomic E-state index is 0.319. The van der Waals surface area contributed by atoms with Crippen molar-refractivity contribution in [1.29, 1.82) is 0 Å². The second-order valence-corrected chi connectivity index (χ2v) is 0.724. The van der Waals surface area contributed by atoms with Gasteiger partial charge in [0.05, 0.1) is 0 Å². The van der Waals surface area contributed by atoms with Crippen LogP contribution in [0.15, 0.2) is 0 Å². The molecule has 0 rings (SSSR count). The zero-order chi connectivity index (χ0) is 5.41. The van der Waals surface area contributed by atoms with Crippen molar-refractivity contribution in [1.82, 2.24) is 0 Å². The first kappa shape index (κ1) is 9.51. The van der Waals surface area contributed by atoms with Gasteiger partial charge in [-0.3, -0.25) is 0 Å². The molecule has 0 amide bonds. The number of nitrogens with two attached hydrogens (primary N) is 1. The SMILES string of the molecule is CCCO.NCl. The Bertz CT molecular complexity index is 12.8. The van der Waals surface area contributed by atoms with E-state index < -0.39 is 0 Å². The molecule has 3 N–H and O–H groups in total. The molecule has 6 heavy (non-hydrogen) atoms. The summed E-state index contributed by atoms with van der Waals surface area (Å²) in [6.07, 6.45) is 0.875. The van der Waals surface area contributed by atoms with Crippen LogP contribution in [0.3, 0.4) is 0 Å². The molecule has 0 aliphatic heterocycles. The lowest BCUT2D eigenvalue weighted by molar-refractivity contribution is 0.295. The van der Waals surface area contributed by atoms with Crippen LogP contribution in [-0.2, 0) is 0 Å². The molecule has 0 fully saturated rings. The van der Waals surface area contributed by atoms with Crippen molar-refractivity contribution < 1.29 is 5.11 Å². The van der Waals surface area contributed by atoms with Crippen LogP contribution in [-0.4, -0.2) is 11.7 Å². The van der Waals surface area contributed by atoms with Crippen LogP contribution in [0.5, 0.6) is 0 Å². The third-order valence-electron chi connectivity index (χ3n) is 0.224. The highest BCUT2D eigenvalue weighted by Crippen LogP contribution is 1.61. The zero-order valence-corrected chi connectivity index (χ0v) is 4.57. The summed E-state index contributed by atoms with van der Waals surface area (Å²) in [5.41, 5.74) is 0. The van der Waals surface area contributed by atoms with Crippen molar-refractivity contribution >= 4 is 11.8 Å². The van der Waals surface area contributed by atoms with Crippen LogP contribution in [0, 0.1) is 0 Å². The Hall–Kier alpha value is 0.210. The van der Waals surface area contributed by atoms with E-state index in [0.29, 0.717) is 6.61 Å². The van der Waals surface area contributed by atoms with E-state index in [1.54, 1.807) is 0 Å². The van der Waals surface area contributed by atoms with Crippen LogP contribution in [0.4, 0.5) is 0 Å². The largest absolute Gasteiger partial charge is 0.396 e. The zero-order valence-electron chi connectivity index (χ0n) is 3.82. The summed E-state index contributed by atoms with van der Waals surface area (Å²) in [5, 5.41) is 11.8. The maximum absolute atomic E-state index is 7.88. The van der Waals surface area contributed by atoms with E-state index in [-0.39, 0.29) is 0 Å². The molecule has 3 heteroatoms. The third kappa shape index (κ3) is 29.6. The summed E-state index contributed by atoms with van der Waals surface area (Å²) in [6, 6.07) is 0. The van der Waals surface area contributed by atoms with Gasteiger partial charge in [-0.2, -0.15) is 0 Å². The van der Waals surface area contributed by atoms with Crippen LogP contribution in [0.2, 0.25) is 0 Å². The molecule has 0 bridgehead atoms. The summed E-state index contributed by atoms with van der Waals surface area (Å²) >= 11 is 4.14. The molecule has 0 unspecified atom stereocenters. The monoisotopic (exact) mass is 111 g/mol. The molecule has 0 spiro atoms. The van der Waals surface area contributed by atoms with Crippen molar-refractivity contribution in [3.63, 3.8) is 0 Å². The third-order valence-corrected chi connectivity index (χ3v) is 0.224. The van der Waals surface area contributed by atoms with E-state index >= 15 is 0 Å². The summed E-state index contributed by atoms with van der Waals surface area (Å²) in [7, 11) is 0. The molecule has 2 nitrogen and oxygen atoms in total. The van der Waals surface area contributed by atoms with Gasteiger partial charge in [0, 0.05) is 6.61 Å². The molecule has 0 saturated heterocycles. The fourth-order valence-corrected chi connectivity index (χ4v) is 0. The van der Waals surface area contributed by atoms with E-state index in [4.69, 9.17) is 5.11 Å². The number of hydrogen-bond acceptors (Lipinski definition) is 2. The highest BCUT2D eigenvalue weighted by atomic mass is 35.5. The van der Waals surface area contributed by atoms with E-state index in [1.807, 2.05) is 6.92 Å². The molecular formula is C3H10ClNO. The molecule has 40 valence electrons. The van der Waals surface area contributed by atoms with Gasteiger partial charge in [-0.05, 0) is 18.2 Å². The molecule has 0 atom stereocenters. The van der Waals surface area contributed by atoms with E-state index in [9.17, 15) is 0 Å². The number of aliphatic hydroxyl groups excluding tert-OH is 1. The lowest BCUT2D eigenvalue weighted by Gasteiger charge is -1.69. The molecular weight excluding hydrogens is 101 g/mol. The smallest absolute Gasteiger partial charge is 0.0428 e. The van der Waals surface area contributed by atoms with E-state index in [2.05, 4.69) is 17.0 Å². The van der Waals surface area contributed by atoms with Crippen molar-refractivity contribution in [2.45, 2.75) is 13.3 Å². The van der Waals surface area contributed by atoms with Gasteiger partial charge < -0.3 is 5.11 Å². The second-order valence-electron chi connectivity index (χ2n) is 0.724. The molecule has 0 radical (unpaired) electrons. The van der Waals surface area contributed by atoms with Crippen molar-refractivity contribution in [2.24, 2.45) is 5.25 Å². The average molecular weight is 112 g/mol. The fourth-order valence-electron chi connectivity index (χ4n) is 0. The maximum atomic E-state index is 7.88. The first-order chi connectivity index (χ1) is 2.91. The molecule has 0 heterocycles. The Kier molecular flexibility index (Phi) is 30.0. The lowest BCUT2D eigenvalue weighted by Crippen LogP contribution is -1.69. The normalized spacial score (nSPS) is 6.00. The summed E-state index contributed by atoms with van der Waals surface area (Å²) in [4.78, 5) is 0. The minimum Gasteiger partial charge on any atom is -0.396 e. The Morgan fingerprint density at radius 1 is 1.67 bits per heavy atom. The van der Waals surface area contributed by atoms with Crippen LogP contribution < -0.4 is 5.25 Å². The van der Waals surface area contributed by atoms with Gasteiger partial charge in [0.25, 0.3) is 0 Å². The van der Waals surface area contributed by atoms with Crippen molar-refractivity contribution in [3.05, 3.63) is 0 Å². The van der Waals surface area contributed by atoms with Gasteiger partial charge in [-0.25, -0.2) is 5.25 Å². The first-order valence-corrected chi connectivity index (χ1v) is 2.18. The maximum Gasteiger partial charge on any atom is 0.0428 e. The van der Waals surface area contributed by atoms with Gasteiger partial charge in [0.15, 0.2) is 0 Å². The summed E-state index contributed by atoms with van der Waals surface area (Å²) < 4.78 is 0. The first-order valence-electron chi connectivity index (χ1n) is 1.74. The van der Waals surface area contributed by atoms with Crippen LogP contribution in [0.1, 0.15) is 13.3 Å². The number of aliphatic hydroxyl groups is 1. The highest BCUT2D eigenvalue weighted by Gasteiger charge is 1.57. The molecule has 0 aromatic rings. The summed E-state index contributed by atoms with van der Waals surface area (Å²) in [6.45, 7) is 2.25. The standard InChI is InChI=1S/C3H8O.ClH2N/c1-2-3-4;1-2/h4H,2-3H2,1H3;2H2. The molecule has 0 saturated carbocycles. The van der Waals surface area contributed by atoms with Crippen molar-refractivity contribution in [2.75, 3.05) is 6.61 Å². The van der Waals surface area contributed by atoms with Gasteiger partial charge in [0.1, 0.15) is 0 Å². The quantitative estimate of drug-likeness (QED) is 0.484. The van der Waals surface area contributed by atoms with Gasteiger partial charge in [0.2, 0.25) is 0 Å². The van der Waals surface area contributed by atoms with Crippen molar-refractivity contribution in [3.8, 4) is 0 Å². The number of hydrogen-bond donors (Lipinski definition) is 2. The van der Waals surface area contributed by atoms with Gasteiger partial charge >= 0.3 is 0 Å². The Morgan fingerprint density at radius 2 is 1.83 bits per heavy atom. The fraction of sp³-hybridized carbons (Fsp3) is 1.00. The Morgan fingerprint density at radius 3 is 1.83 bits per heavy atom. The molecule has 0 aliphatic rings. The predicted molar refractivity (Wildman–Crippen MR) is 27.4 cm³/mol. The Balaban J connectivity index is 0. The predicted octanol–water partition coefficient (Wildman–Crippen LogP) is 0.488. The lowest BCUT2D eigenvalue weighted by atomic mass is 10.5. The number of halogens is 1. The topological polar surface area (TPSA) is 46.2 Å². The van der Waals surface area contributed by atoms with E-state index in [1.165, 1.54) is 0 Å². The molecule has 0 aromatic heterocycles. The van der Waals surface area contributed by atoms with E-state index in [0.717, 1.165) is 6.42 Å². The van der Waals surface area contributed by atoms with Crippen LogP contribution >= 0.6 is 11.8 Å². The number of rotatable bonds is 1. The Labute approximate surface area is 43.0 Å². The van der Waals surface area contributed by atoms with Gasteiger partial charge in [-0.1, -0.05) is 6.92 Å². The molecule has 0 aromatic carbocycles.